The first-order chi connectivity index (χ1) is 20.9. The van der Waals surface area contributed by atoms with Gasteiger partial charge in [-0.1, -0.05) is 51.6 Å². The molecule has 1 saturated heterocycles. The van der Waals surface area contributed by atoms with Crippen LogP contribution in [0.4, 0.5) is 0 Å². The van der Waals surface area contributed by atoms with E-state index in [1.54, 1.807) is 18.2 Å². The van der Waals surface area contributed by atoms with Crippen LogP contribution in [0.25, 0.3) is 0 Å². The lowest BCUT2D eigenvalue weighted by Crippen LogP contribution is -2.34. The number of phosphoric acid groups is 3. The Morgan fingerprint density at radius 1 is 1.24 bits per heavy atom. The predicted octanol–water partition coefficient (Wildman–Crippen LogP) is 1.14. The van der Waals surface area contributed by atoms with E-state index in [4.69, 9.17) is 25.0 Å². The van der Waals surface area contributed by atoms with E-state index in [2.05, 4.69) is 30.0 Å². The standard InChI is InChI=1S/C22H28N3O15P3S2/c1-13(45-44-2)15-7-3-4-8-16(15)21(27)38-17-10-19(25-11-14(6-5-9-23)20(26)24-22(25)28)37-18(17)12-36-42(32,33)40-43(34,35)39-41(29,30)31/h3-4,7-8,11,13,17-19H,9-10,12,23H2,1-2H3,(H,32,33)(H,34,35)(H,24,26,28)(H2,29,30,31)/p-1/t13?,17?,18-,19-/m1/s1. The first-order valence-electron chi connectivity index (χ1n) is 12.4. The molecule has 0 saturated carbocycles. The lowest BCUT2D eigenvalue weighted by Gasteiger charge is -2.27. The lowest BCUT2D eigenvalue weighted by molar-refractivity contribution is -0.221. The molecule has 0 spiro atoms. The molecule has 18 nitrogen and oxygen atoms in total. The third-order valence-corrected chi connectivity index (χ3v) is 11.7. The largest absolute Gasteiger partial charge is 0.756 e. The minimum Gasteiger partial charge on any atom is -0.756 e. The second-order valence-electron chi connectivity index (χ2n) is 8.88. The topological polar surface area (TPSA) is 279 Å². The molecule has 0 amide bonds. The molecule has 6 atom stereocenters. The molecule has 248 valence electrons. The Hall–Kier alpha value is -2.04. The second-order valence-corrected chi connectivity index (χ2v) is 16.1. The van der Waals surface area contributed by atoms with Crippen molar-refractivity contribution >= 4 is 51.0 Å². The fourth-order valence-corrected chi connectivity index (χ4v) is 8.75. The summed E-state index contributed by atoms with van der Waals surface area (Å²) in [4.78, 5) is 79.2. The number of esters is 1. The van der Waals surface area contributed by atoms with Crippen LogP contribution in [-0.2, 0) is 36.3 Å². The highest BCUT2D eigenvalue weighted by Crippen LogP contribution is 2.65. The van der Waals surface area contributed by atoms with E-state index in [1.807, 2.05) is 13.2 Å². The van der Waals surface area contributed by atoms with E-state index in [0.29, 0.717) is 5.56 Å². The highest BCUT2D eigenvalue weighted by molar-refractivity contribution is 8.76. The first kappa shape index (κ1) is 37.4. The number of carbonyl (C=O) groups is 1. The maximum atomic E-state index is 13.3. The number of rotatable bonds is 13. The average molecular weight is 731 g/mol. The van der Waals surface area contributed by atoms with Crippen molar-refractivity contribution in [3.63, 3.8) is 0 Å². The number of carbonyl (C=O) groups excluding carboxylic acids is 1. The summed E-state index contributed by atoms with van der Waals surface area (Å²) in [5, 5.41) is -0.142. The van der Waals surface area contributed by atoms with Gasteiger partial charge in [0.15, 0.2) is 0 Å². The van der Waals surface area contributed by atoms with Gasteiger partial charge in [-0.25, -0.2) is 23.0 Å². The van der Waals surface area contributed by atoms with Gasteiger partial charge in [-0.15, -0.1) is 0 Å². The maximum absolute atomic E-state index is 13.3. The smallest absolute Gasteiger partial charge is 0.487 e. The Morgan fingerprint density at radius 2 is 1.93 bits per heavy atom. The zero-order valence-corrected chi connectivity index (χ0v) is 27.6. The van der Waals surface area contributed by atoms with E-state index in [0.717, 1.165) is 10.8 Å². The van der Waals surface area contributed by atoms with Crippen molar-refractivity contribution in [2.45, 2.75) is 37.0 Å². The zero-order valence-electron chi connectivity index (χ0n) is 23.2. The van der Waals surface area contributed by atoms with Crippen molar-refractivity contribution in [3.05, 3.63) is 68.0 Å². The van der Waals surface area contributed by atoms with Gasteiger partial charge in [0.25, 0.3) is 13.4 Å². The minimum atomic E-state index is -5.88. The Morgan fingerprint density at radius 3 is 2.58 bits per heavy atom. The van der Waals surface area contributed by atoms with Gasteiger partial charge < -0.3 is 39.3 Å². The summed E-state index contributed by atoms with van der Waals surface area (Å²) in [6.45, 7) is 0.737. The van der Waals surface area contributed by atoms with Crippen LogP contribution in [0.1, 0.15) is 46.3 Å². The molecule has 0 bridgehead atoms. The predicted molar refractivity (Wildman–Crippen MR) is 159 cm³/mol. The van der Waals surface area contributed by atoms with E-state index >= 15 is 0 Å². The molecule has 1 aromatic carbocycles. The molecule has 2 heterocycles. The van der Waals surface area contributed by atoms with E-state index in [9.17, 15) is 37.9 Å². The van der Waals surface area contributed by atoms with Gasteiger partial charge in [0.2, 0.25) is 0 Å². The van der Waals surface area contributed by atoms with Crippen LogP contribution < -0.4 is 21.9 Å². The highest BCUT2D eigenvalue weighted by Gasteiger charge is 2.42. The molecule has 2 aromatic rings. The molecular formula is C22H27N3O15P3S2-. The Kier molecular flexibility index (Phi) is 13.1. The molecule has 23 heteroatoms. The van der Waals surface area contributed by atoms with Gasteiger partial charge >= 0.3 is 27.3 Å². The maximum Gasteiger partial charge on any atom is 0.487 e. The summed E-state index contributed by atoms with van der Waals surface area (Å²) in [5.41, 5.74) is 4.24. The number of hydrogen-bond acceptors (Lipinski definition) is 15. The molecular weight excluding hydrogens is 703 g/mol. The van der Waals surface area contributed by atoms with Crippen LogP contribution in [0.3, 0.4) is 0 Å². The molecule has 6 N–H and O–H groups in total. The van der Waals surface area contributed by atoms with Gasteiger partial charge in [0.05, 0.1) is 18.7 Å². The summed E-state index contributed by atoms with van der Waals surface area (Å²) in [6, 6.07) is 6.57. The van der Waals surface area contributed by atoms with Gasteiger partial charge in [-0.05, 0) is 24.8 Å². The average Bonchev–Trinajstić information content (AvgIpc) is 3.31. The van der Waals surface area contributed by atoms with Gasteiger partial charge in [0.1, 0.15) is 24.0 Å². The molecule has 1 aliphatic heterocycles. The minimum absolute atomic E-state index is 0.0945. The van der Waals surface area contributed by atoms with Gasteiger partial charge in [0, 0.05) is 17.9 Å². The molecule has 0 aliphatic carbocycles. The van der Waals surface area contributed by atoms with E-state index in [1.165, 1.54) is 27.7 Å². The summed E-state index contributed by atoms with van der Waals surface area (Å²) in [7, 11) is -14.4. The normalized spacial score (nSPS) is 21.6. The summed E-state index contributed by atoms with van der Waals surface area (Å²) < 4.78 is 59.0. The van der Waals surface area contributed by atoms with Crippen molar-refractivity contribution in [2.75, 3.05) is 19.4 Å². The summed E-state index contributed by atoms with van der Waals surface area (Å²) >= 11 is 0. The van der Waals surface area contributed by atoms with Crippen molar-refractivity contribution in [3.8, 4) is 11.8 Å². The number of phosphoric ester groups is 1. The number of nitrogens with zero attached hydrogens (tertiary/aromatic N) is 1. The van der Waals surface area contributed by atoms with Crippen LogP contribution in [0.5, 0.6) is 0 Å². The van der Waals surface area contributed by atoms with Crippen molar-refractivity contribution in [1.29, 1.82) is 0 Å². The quantitative estimate of drug-likeness (QED) is 0.0836. The van der Waals surface area contributed by atoms with Crippen molar-refractivity contribution in [1.82, 2.24) is 9.55 Å². The van der Waals surface area contributed by atoms with Crippen LogP contribution in [0.15, 0.2) is 40.1 Å². The molecule has 0 radical (unpaired) electrons. The van der Waals surface area contributed by atoms with Crippen LogP contribution in [-0.4, -0.2) is 61.8 Å². The fourth-order valence-electron chi connectivity index (χ4n) is 3.98. The number of hydrogen-bond donors (Lipinski definition) is 5. The summed E-state index contributed by atoms with van der Waals surface area (Å²) in [5.74, 6) is 4.12. The number of aromatic amines is 1. The van der Waals surface area contributed by atoms with E-state index in [-0.39, 0.29) is 29.3 Å². The molecule has 1 aliphatic rings. The van der Waals surface area contributed by atoms with Crippen molar-refractivity contribution in [2.24, 2.45) is 5.73 Å². The molecule has 4 unspecified atom stereocenters. The number of benzene rings is 1. The number of ether oxygens (including phenoxy) is 2. The second kappa shape index (κ2) is 15.7. The Labute approximate surface area is 262 Å². The van der Waals surface area contributed by atoms with E-state index < -0.39 is 65.7 Å². The van der Waals surface area contributed by atoms with Gasteiger partial charge in [-0.2, -0.15) is 4.31 Å². The SMILES string of the molecule is CSSC(C)c1ccccc1C(=O)OC1C[C@H](n2cc(C#CCN)c(=O)[nH]c2=O)O[C@@H]1COP(=O)([O-])OP(=O)(O)OP(=O)(O)O. The molecule has 1 fully saturated rings. The monoisotopic (exact) mass is 730 g/mol. The third-order valence-electron chi connectivity index (χ3n) is 5.71. The molecule has 1 aromatic heterocycles. The number of H-pyrrole nitrogens is 1. The zero-order chi connectivity index (χ0) is 33.6. The third kappa shape index (κ3) is 11.0. The summed E-state index contributed by atoms with van der Waals surface area (Å²) in [6.07, 6.45) is -1.43. The Bertz CT molecular complexity index is 1720. The number of aromatic nitrogens is 2. The first-order valence-corrected chi connectivity index (χ1v) is 19.5. The Balaban J connectivity index is 1.91. The van der Waals surface area contributed by atoms with Crippen LogP contribution in [0, 0.1) is 11.8 Å². The van der Waals surface area contributed by atoms with Crippen LogP contribution >= 0.6 is 45.1 Å². The molecule has 45 heavy (non-hydrogen) atoms. The number of nitrogens with two attached hydrogens (primary N) is 1. The lowest BCUT2D eigenvalue weighted by atomic mass is 10.0. The van der Waals surface area contributed by atoms with Crippen molar-refractivity contribution < 1.29 is 60.7 Å². The fraction of sp³-hybridized carbons (Fsp3) is 0.409. The van der Waals surface area contributed by atoms with Gasteiger partial charge in [-0.3, -0.25) is 18.9 Å². The molecule has 3 rings (SSSR count). The highest BCUT2D eigenvalue weighted by atomic mass is 33.1. The number of nitrogens with one attached hydrogen (secondary N) is 1. The van der Waals surface area contributed by atoms with Crippen LogP contribution in [0.2, 0.25) is 0 Å².